The van der Waals surface area contributed by atoms with Crippen molar-refractivity contribution >= 4 is 34.1 Å². The number of fused-ring (bicyclic) bond motifs is 1. The average Bonchev–Trinajstić information content (AvgIpc) is 2.49. The molecule has 0 atom stereocenters. The fourth-order valence-corrected chi connectivity index (χ4v) is 4.18. The van der Waals surface area contributed by atoms with Crippen molar-refractivity contribution in [3.63, 3.8) is 0 Å². The Bertz CT molecular complexity index is 594. The second-order valence-electron chi connectivity index (χ2n) is 5.26. The molecule has 1 saturated heterocycles. The molecule has 0 radical (unpaired) electrons. The normalized spacial score (nSPS) is 17.7. The molecule has 0 amide bonds. The predicted octanol–water partition coefficient (Wildman–Crippen LogP) is 4.46. The van der Waals surface area contributed by atoms with Gasteiger partial charge >= 0.3 is 0 Å². The summed E-state index contributed by atoms with van der Waals surface area (Å²) in [6, 6.07) is 6.29. The smallest absolute Gasteiger partial charge is 0.0548 e. The van der Waals surface area contributed by atoms with Gasteiger partial charge in [0.1, 0.15) is 0 Å². The second-order valence-corrected chi connectivity index (χ2v) is 7.01. The third-order valence-corrected chi connectivity index (χ3v) is 5.79. The molecule has 106 valence electrons. The first-order valence-electron chi connectivity index (χ1n) is 7.18. The largest absolute Gasteiger partial charge is 0.304 e. The summed E-state index contributed by atoms with van der Waals surface area (Å²) in [6.45, 7) is 5.83. The number of pyridine rings is 1. The highest BCUT2D eigenvalue weighted by Crippen LogP contribution is 2.37. The Balaban J connectivity index is 1.76. The van der Waals surface area contributed by atoms with E-state index in [2.05, 4.69) is 28.9 Å². The summed E-state index contributed by atoms with van der Waals surface area (Å²) in [6.07, 6.45) is 6.21. The van der Waals surface area contributed by atoms with Gasteiger partial charge < -0.3 is 4.90 Å². The molecular formula is C16H19ClN2S. The van der Waals surface area contributed by atoms with Crippen molar-refractivity contribution in [2.45, 2.75) is 29.9 Å². The summed E-state index contributed by atoms with van der Waals surface area (Å²) in [4.78, 5) is 7.87. The van der Waals surface area contributed by atoms with Gasteiger partial charge in [0.25, 0.3) is 0 Å². The fraction of sp³-hybridized carbons (Fsp3) is 0.438. The second kappa shape index (κ2) is 6.33. The molecule has 0 aliphatic carbocycles. The van der Waals surface area contributed by atoms with Gasteiger partial charge in [0, 0.05) is 27.9 Å². The van der Waals surface area contributed by atoms with Crippen molar-refractivity contribution in [1.29, 1.82) is 0 Å². The Morgan fingerprint density at radius 3 is 2.85 bits per heavy atom. The monoisotopic (exact) mass is 306 g/mol. The minimum absolute atomic E-state index is 0.689. The van der Waals surface area contributed by atoms with Crippen molar-refractivity contribution in [2.24, 2.45) is 0 Å². The zero-order chi connectivity index (χ0) is 13.9. The maximum absolute atomic E-state index is 6.42. The van der Waals surface area contributed by atoms with Gasteiger partial charge in [-0.1, -0.05) is 18.5 Å². The lowest BCUT2D eigenvalue weighted by atomic mass is 10.1. The van der Waals surface area contributed by atoms with Crippen LogP contribution in [0.4, 0.5) is 0 Å². The third-order valence-electron chi connectivity index (χ3n) is 3.97. The molecule has 2 nitrogen and oxygen atoms in total. The number of halogens is 1. The maximum Gasteiger partial charge on any atom is 0.0548 e. The maximum atomic E-state index is 6.42. The van der Waals surface area contributed by atoms with Crippen LogP contribution in [0.1, 0.15) is 19.8 Å². The summed E-state index contributed by atoms with van der Waals surface area (Å²) >= 11 is 8.36. The van der Waals surface area contributed by atoms with Crippen LogP contribution in [0.15, 0.2) is 35.5 Å². The van der Waals surface area contributed by atoms with Gasteiger partial charge in [0.15, 0.2) is 0 Å². The predicted molar refractivity (Wildman–Crippen MR) is 87.7 cm³/mol. The molecule has 1 aromatic carbocycles. The Labute approximate surface area is 129 Å². The molecular weight excluding hydrogens is 288 g/mol. The first-order chi connectivity index (χ1) is 9.76. The number of benzene rings is 1. The molecule has 0 saturated carbocycles. The summed E-state index contributed by atoms with van der Waals surface area (Å²) in [5, 5.41) is 3.88. The van der Waals surface area contributed by atoms with Crippen LogP contribution >= 0.6 is 23.4 Å². The lowest BCUT2D eigenvalue weighted by molar-refractivity contribution is 0.244. The van der Waals surface area contributed by atoms with Gasteiger partial charge in [0.2, 0.25) is 0 Å². The van der Waals surface area contributed by atoms with Crippen molar-refractivity contribution in [3.05, 3.63) is 35.6 Å². The standard InChI is InChI=1S/C16H19ClN2S/c1-2-19-7-4-14(5-8-19)20-16-10-12-3-6-18-11-13(12)9-15(16)17/h3,6,9-11,14H,2,4-5,7-8H2,1H3. The lowest BCUT2D eigenvalue weighted by Gasteiger charge is -2.30. The Morgan fingerprint density at radius 1 is 1.30 bits per heavy atom. The number of hydrogen-bond acceptors (Lipinski definition) is 3. The number of nitrogens with zero attached hydrogens (tertiary/aromatic N) is 2. The molecule has 0 bridgehead atoms. The highest BCUT2D eigenvalue weighted by Gasteiger charge is 2.20. The van der Waals surface area contributed by atoms with Crippen LogP contribution < -0.4 is 0 Å². The summed E-state index contributed by atoms with van der Waals surface area (Å²) in [5.74, 6) is 0. The third kappa shape index (κ3) is 3.11. The number of hydrogen-bond donors (Lipinski definition) is 0. The first kappa shape index (κ1) is 14.2. The van der Waals surface area contributed by atoms with E-state index in [-0.39, 0.29) is 0 Å². The molecule has 0 unspecified atom stereocenters. The van der Waals surface area contributed by atoms with E-state index in [4.69, 9.17) is 11.6 Å². The van der Waals surface area contributed by atoms with Crippen LogP contribution in [0.2, 0.25) is 5.02 Å². The molecule has 0 spiro atoms. The molecule has 2 aromatic rings. The highest BCUT2D eigenvalue weighted by molar-refractivity contribution is 8.00. The van der Waals surface area contributed by atoms with Crippen molar-refractivity contribution in [2.75, 3.05) is 19.6 Å². The van der Waals surface area contributed by atoms with E-state index in [1.807, 2.05) is 30.2 Å². The molecule has 1 aliphatic heterocycles. The number of rotatable bonds is 3. The molecule has 1 aliphatic rings. The van der Waals surface area contributed by atoms with Crippen LogP contribution in [0.3, 0.4) is 0 Å². The van der Waals surface area contributed by atoms with Crippen LogP contribution in [0, 0.1) is 0 Å². The molecule has 1 fully saturated rings. The van der Waals surface area contributed by atoms with Crippen LogP contribution in [-0.4, -0.2) is 34.8 Å². The average molecular weight is 307 g/mol. The van der Waals surface area contributed by atoms with Gasteiger partial charge in [-0.3, -0.25) is 4.98 Å². The SMILES string of the molecule is CCN1CCC(Sc2cc3ccncc3cc2Cl)CC1. The topological polar surface area (TPSA) is 16.1 Å². The fourth-order valence-electron chi connectivity index (χ4n) is 2.70. The Hall–Kier alpha value is -0.770. The minimum Gasteiger partial charge on any atom is -0.304 e. The molecule has 0 N–H and O–H groups in total. The van der Waals surface area contributed by atoms with Crippen molar-refractivity contribution < 1.29 is 0 Å². The van der Waals surface area contributed by atoms with Gasteiger partial charge in [-0.15, -0.1) is 11.8 Å². The summed E-state index contributed by atoms with van der Waals surface area (Å²) in [7, 11) is 0. The van der Waals surface area contributed by atoms with Gasteiger partial charge in [-0.05, 0) is 56.1 Å². The number of thioether (sulfide) groups is 1. The van der Waals surface area contributed by atoms with E-state index in [1.165, 1.54) is 42.8 Å². The van der Waals surface area contributed by atoms with Crippen LogP contribution in [0.5, 0.6) is 0 Å². The van der Waals surface area contributed by atoms with Gasteiger partial charge in [-0.25, -0.2) is 0 Å². The highest BCUT2D eigenvalue weighted by atomic mass is 35.5. The van der Waals surface area contributed by atoms with E-state index in [1.54, 1.807) is 0 Å². The van der Waals surface area contributed by atoms with E-state index in [0.717, 1.165) is 10.4 Å². The van der Waals surface area contributed by atoms with E-state index in [9.17, 15) is 0 Å². The summed E-state index contributed by atoms with van der Waals surface area (Å²) < 4.78 is 0. The van der Waals surface area contributed by atoms with Crippen molar-refractivity contribution in [1.82, 2.24) is 9.88 Å². The molecule has 1 aromatic heterocycles. The van der Waals surface area contributed by atoms with Crippen LogP contribution in [-0.2, 0) is 0 Å². The molecule has 20 heavy (non-hydrogen) atoms. The first-order valence-corrected chi connectivity index (χ1v) is 8.44. The number of aromatic nitrogens is 1. The van der Waals surface area contributed by atoms with Gasteiger partial charge in [-0.2, -0.15) is 0 Å². The van der Waals surface area contributed by atoms with Gasteiger partial charge in [0.05, 0.1) is 5.02 Å². The lowest BCUT2D eigenvalue weighted by Crippen LogP contribution is -2.34. The zero-order valence-electron chi connectivity index (χ0n) is 11.7. The molecule has 4 heteroatoms. The minimum atomic E-state index is 0.689. The zero-order valence-corrected chi connectivity index (χ0v) is 13.3. The van der Waals surface area contributed by atoms with Crippen molar-refractivity contribution in [3.8, 4) is 0 Å². The number of piperidine rings is 1. The Morgan fingerprint density at radius 2 is 2.10 bits per heavy atom. The number of likely N-dealkylation sites (tertiary alicyclic amines) is 1. The van der Waals surface area contributed by atoms with Crippen LogP contribution in [0.25, 0.3) is 10.8 Å². The Kier molecular flexibility index (Phi) is 4.49. The molecule has 3 rings (SSSR count). The van der Waals surface area contributed by atoms with E-state index in [0.29, 0.717) is 5.25 Å². The molecule has 2 heterocycles. The quantitative estimate of drug-likeness (QED) is 0.832. The van der Waals surface area contributed by atoms with E-state index < -0.39 is 0 Å². The van der Waals surface area contributed by atoms with E-state index >= 15 is 0 Å². The summed E-state index contributed by atoms with van der Waals surface area (Å²) in [5.41, 5.74) is 0.